The summed E-state index contributed by atoms with van der Waals surface area (Å²) in [4.78, 5) is 0. The first-order chi connectivity index (χ1) is 8.75. The molecule has 1 atom stereocenters. The van der Waals surface area contributed by atoms with Gasteiger partial charge in [0.15, 0.2) is 0 Å². The second kappa shape index (κ2) is 4.43. The molecule has 0 bridgehead atoms. The van der Waals surface area contributed by atoms with Gasteiger partial charge in [-0.2, -0.15) is 0 Å². The minimum atomic E-state index is -2.08. The summed E-state index contributed by atoms with van der Waals surface area (Å²) in [6, 6.07) is 22.3. The van der Waals surface area contributed by atoms with E-state index in [4.69, 9.17) is 0 Å². The summed E-state index contributed by atoms with van der Waals surface area (Å²) in [7, 11) is 0. The van der Waals surface area contributed by atoms with Crippen molar-refractivity contribution in [2.75, 3.05) is 0 Å². The Morgan fingerprint density at radius 3 is 1.72 bits per heavy atom. The first-order valence-electron chi connectivity index (χ1n) is 6.51. The van der Waals surface area contributed by atoms with E-state index in [1.54, 1.807) is 8.79 Å². The average Bonchev–Trinajstić information content (AvgIpc) is 3.18. The fourth-order valence-corrected chi connectivity index (χ4v) is 15.6. The van der Waals surface area contributed by atoms with Crippen molar-refractivity contribution in [2.45, 2.75) is 16.9 Å². The van der Waals surface area contributed by atoms with Crippen molar-refractivity contribution >= 4 is 22.1 Å². The van der Waals surface area contributed by atoms with Crippen molar-refractivity contribution in [3.05, 3.63) is 72.8 Å². The third-order valence-corrected chi connectivity index (χ3v) is 14.9. The summed E-state index contributed by atoms with van der Waals surface area (Å²) in [6.07, 6.45) is 0. The Balaban J connectivity index is 2.11. The molecule has 2 aromatic carbocycles. The van der Waals surface area contributed by atoms with E-state index in [2.05, 4.69) is 74.2 Å². The zero-order valence-corrected chi connectivity index (χ0v) is 12.9. The fraction of sp³-hybridized carbons (Fsp3) is 0.176. The zero-order chi connectivity index (χ0) is 12.6. The minimum absolute atomic E-state index is 0.773. The van der Waals surface area contributed by atoms with Crippen LogP contribution in [0.4, 0.5) is 0 Å². The third kappa shape index (κ3) is 1.76. The Labute approximate surface area is 112 Å². The molecule has 1 aliphatic rings. The number of hydrogen-bond acceptors (Lipinski definition) is 0. The molecule has 1 fully saturated rings. The number of rotatable bonds is 3. The van der Waals surface area contributed by atoms with Gasteiger partial charge in [-0.3, -0.25) is 0 Å². The summed E-state index contributed by atoms with van der Waals surface area (Å²) in [5.74, 6) is 0. The van der Waals surface area contributed by atoms with Crippen molar-refractivity contribution < 1.29 is 0 Å². The van der Waals surface area contributed by atoms with Crippen LogP contribution in [0, 0.1) is 0 Å². The van der Waals surface area contributed by atoms with Gasteiger partial charge in [0.05, 0.1) is 0 Å². The van der Waals surface area contributed by atoms with Gasteiger partial charge in [0.2, 0.25) is 0 Å². The Kier molecular flexibility index (Phi) is 2.91. The van der Waals surface area contributed by atoms with E-state index in [-0.39, 0.29) is 0 Å². The van der Waals surface area contributed by atoms with Gasteiger partial charge in [0.1, 0.15) is 0 Å². The SMILES string of the molecule is C=C(C)[CH]1[CH2][Ge]1([c]1ccccc1)[c]1ccccc1. The van der Waals surface area contributed by atoms with Crippen molar-refractivity contribution in [2.24, 2.45) is 0 Å². The first-order valence-corrected chi connectivity index (χ1v) is 11.3. The van der Waals surface area contributed by atoms with Gasteiger partial charge in [-0.15, -0.1) is 0 Å². The topological polar surface area (TPSA) is 0 Å². The average molecular weight is 295 g/mol. The Morgan fingerprint density at radius 2 is 1.39 bits per heavy atom. The molecule has 0 aromatic heterocycles. The van der Waals surface area contributed by atoms with Crippen LogP contribution in [0.15, 0.2) is 72.8 Å². The molecule has 18 heavy (non-hydrogen) atoms. The van der Waals surface area contributed by atoms with Crippen molar-refractivity contribution in [3.63, 3.8) is 0 Å². The molecule has 2 aromatic rings. The summed E-state index contributed by atoms with van der Waals surface area (Å²) in [5, 5.41) is 1.38. The number of benzene rings is 2. The van der Waals surface area contributed by atoms with Gasteiger partial charge in [0, 0.05) is 0 Å². The van der Waals surface area contributed by atoms with Crippen LogP contribution in [0.25, 0.3) is 0 Å². The zero-order valence-electron chi connectivity index (χ0n) is 10.8. The number of allylic oxidation sites excluding steroid dienone is 1. The molecule has 1 heteroatoms. The van der Waals surface area contributed by atoms with Crippen LogP contribution in [0.1, 0.15) is 6.92 Å². The third-order valence-electron chi connectivity index (χ3n) is 4.13. The van der Waals surface area contributed by atoms with E-state index in [0.717, 1.165) is 4.75 Å². The van der Waals surface area contributed by atoms with Crippen molar-refractivity contribution in [1.29, 1.82) is 0 Å². The van der Waals surface area contributed by atoms with Crippen LogP contribution in [0.2, 0.25) is 10.0 Å². The molecule has 1 aliphatic heterocycles. The van der Waals surface area contributed by atoms with Gasteiger partial charge < -0.3 is 0 Å². The van der Waals surface area contributed by atoms with E-state index < -0.39 is 13.3 Å². The summed E-state index contributed by atoms with van der Waals surface area (Å²) in [5.41, 5.74) is 1.38. The maximum atomic E-state index is 4.21. The van der Waals surface area contributed by atoms with Crippen LogP contribution in [-0.4, -0.2) is 13.3 Å². The molecular formula is C17H18Ge. The molecule has 0 amide bonds. The second-order valence-electron chi connectivity index (χ2n) is 5.31. The van der Waals surface area contributed by atoms with Crippen LogP contribution in [-0.2, 0) is 0 Å². The summed E-state index contributed by atoms with van der Waals surface area (Å²) >= 11 is -2.08. The van der Waals surface area contributed by atoms with Crippen LogP contribution in [0.5, 0.6) is 0 Å². The molecular weight excluding hydrogens is 277 g/mol. The number of hydrogen-bond donors (Lipinski definition) is 0. The molecule has 1 saturated heterocycles. The molecule has 0 N–H and O–H groups in total. The van der Waals surface area contributed by atoms with Crippen molar-refractivity contribution in [1.82, 2.24) is 0 Å². The predicted molar refractivity (Wildman–Crippen MR) is 81.3 cm³/mol. The monoisotopic (exact) mass is 296 g/mol. The fourth-order valence-electron chi connectivity index (χ4n) is 3.13. The maximum absolute atomic E-state index is 4.21. The Bertz CT molecular complexity index is 517. The van der Waals surface area contributed by atoms with Gasteiger partial charge in [0.25, 0.3) is 0 Å². The Morgan fingerprint density at radius 1 is 0.944 bits per heavy atom. The summed E-state index contributed by atoms with van der Waals surface area (Å²) in [6.45, 7) is 6.41. The van der Waals surface area contributed by atoms with E-state index >= 15 is 0 Å². The van der Waals surface area contributed by atoms with E-state index in [1.165, 1.54) is 10.8 Å². The molecule has 0 radical (unpaired) electrons. The molecule has 0 nitrogen and oxygen atoms in total. The van der Waals surface area contributed by atoms with Gasteiger partial charge in [-0.1, -0.05) is 0 Å². The Hall–Kier alpha value is -1.28. The molecule has 0 spiro atoms. The second-order valence-corrected chi connectivity index (χ2v) is 14.1. The molecule has 0 aliphatic carbocycles. The summed E-state index contributed by atoms with van der Waals surface area (Å²) < 4.78 is 3.99. The molecule has 3 rings (SSSR count). The normalized spacial score (nSPS) is 20.4. The van der Waals surface area contributed by atoms with Crippen molar-refractivity contribution in [3.8, 4) is 0 Å². The van der Waals surface area contributed by atoms with E-state index in [9.17, 15) is 0 Å². The molecule has 1 unspecified atom stereocenters. The van der Waals surface area contributed by atoms with Gasteiger partial charge >= 0.3 is 112 Å². The molecule has 90 valence electrons. The van der Waals surface area contributed by atoms with Crippen LogP contribution >= 0.6 is 0 Å². The van der Waals surface area contributed by atoms with Crippen LogP contribution < -0.4 is 8.79 Å². The standard InChI is InChI=1S/C17H18Ge/c1-14(2)17-13-18(17,15-9-5-3-6-10-15)16-11-7-4-8-12-16/h3-12,17H,1,13H2,2H3. The quantitative estimate of drug-likeness (QED) is 0.602. The van der Waals surface area contributed by atoms with E-state index in [1.807, 2.05) is 0 Å². The molecule has 0 saturated carbocycles. The predicted octanol–water partition coefficient (Wildman–Crippen LogP) is 3.21. The molecule has 1 heterocycles. The first kappa shape index (κ1) is 11.8. The van der Waals surface area contributed by atoms with Crippen LogP contribution in [0.3, 0.4) is 0 Å². The van der Waals surface area contributed by atoms with Gasteiger partial charge in [-0.25, -0.2) is 0 Å². The van der Waals surface area contributed by atoms with E-state index in [0.29, 0.717) is 0 Å². The van der Waals surface area contributed by atoms with Gasteiger partial charge in [-0.05, 0) is 0 Å².